The van der Waals surface area contributed by atoms with Gasteiger partial charge < -0.3 is 5.32 Å². The zero-order valence-corrected chi connectivity index (χ0v) is 8.16. The fraction of sp³-hybridized carbons (Fsp3) is 0.667. The average molecular weight is 182 g/mol. The first-order valence-electron chi connectivity index (χ1n) is 4.55. The van der Waals surface area contributed by atoms with E-state index in [0.29, 0.717) is 0 Å². The minimum atomic E-state index is 0.791. The van der Waals surface area contributed by atoms with Gasteiger partial charge in [0, 0.05) is 23.7 Å². The van der Waals surface area contributed by atoms with Gasteiger partial charge in [0.25, 0.3) is 0 Å². The van der Waals surface area contributed by atoms with Crippen LogP contribution in [0.1, 0.15) is 29.7 Å². The molecule has 66 valence electrons. The van der Waals surface area contributed by atoms with E-state index in [4.69, 9.17) is 0 Å². The molecular formula is C9H14N2S. The van der Waals surface area contributed by atoms with Gasteiger partial charge in [0.15, 0.2) is 0 Å². The molecule has 3 heteroatoms. The molecule has 1 aliphatic carbocycles. The highest BCUT2D eigenvalue weighted by molar-refractivity contribution is 7.11. The molecule has 1 fully saturated rings. The Morgan fingerprint density at radius 1 is 1.67 bits per heavy atom. The summed E-state index contributed by atoms with van der Waals surface area (Å²) in [5, 5.41) is 4.69. The molecule has 1 aromatic rings. The van der Waals surface area contributed by atoms with Crippen molar-refractivity contribution in [3.8, 4) is 0 Å². The van der Waals surface area contributed by atoms with Gasteiger partial charge in [-0.3, -0.25) is 0 Å². The fourth-order valence-electron chi connectivity index (χ4n) is 1.11. The lowest BCUT2D eigenvalue weighted by atomic mass is 10.4. The largest absolute Gasteiger partial charge is 0.308 e. The average Bonchev–Trinajstić information content (AvgIpc) is 2.81. The van der Waals surface area contributed by atoms with Crippen LogP contribution in [0.5, 0.6) is 0 Å². The molecule has 0 aliphatic heterocycles. The van der Waals surface area contributed by atoms with Crippen LogP contribution >= 0.6 is 11.3 Å². The third kappa shape index (κ3) is 2.05. The molecule has 1 aliphatic rings. The normalized spacial score (nSPS) is 16.8. The molecule has 1 heterocycles. The predicted octanol–water partition coefficient (Wildman–Crippen LogP) is 1.96. The second-order valence-corrected chi connectivity index (χ2v) is 4.43. The van der Waals surface area contributed by atoms with Gasteiger partial charge in [0.2, 0.25) is 0 Å². The van der Waals surface area contributed by atoms with Gasteiger partial charge in [-0.1, -0.05) is 6.92 Å². The second-order valence-electron chi connectivity index (χ2n) is 3.23. The van der Waals surface area contributed by atoms with Crippen LogP contribution in [0, 0.1) is 0 Å². The monoisotopic (exact) mass is 182 g/mol. The summed E-state index contributed by atoms with van der Waals surface area (Å²) in [5.74, 6) is 0. The third-order valence-corrected chi connectivity index (χ3v) is 3.21. The third-order valence-electron chi connectivity index (χ3n) is 2.07. The summed E-state index contributed by atoms with van der Waals surface area (Å²) in [4.78, 5) is 5.73. The van der Waals surface area contributed by atoms with Crippen molar-refractivity contribution in [1.29, 1.82) is 0 Å². The maximum absolute atomic E-state index is 4.34. The molecule has 0 atom stereocenters. The molecule has 0 aromatic carbocycles. The number of aromatic nitrogens is 1. The van der Waals surface area contributed by atoms with Gasteiger partial charge in [-0.25, -0.2) is 4.98 Å². The quantitative estimate of drug-likeness (QED) is 0.770. The molecule has 0 unspecified atom stereocenters. The summed E-state index contributed by atoms with van der Waals surface area (Å²) in [6.45, 7) is 3.14. The highest BCUT2D eigenvalue weighted by Crippen LogP contribution is 2.20. The van der Waals surface area contributed by atoms with Gasteiger partial charge >= 0.3 is 0 Å². The first kappa shape index (κ1) is 8.20. The van der Waals surface area contributed by atoms with E-state index in [-0.39, 0.29) is 0 Å². The van der Waals surface area contributed by atoms with Crippen molar-refractivity contribution in [3.05, 3.63) is 16.1 Å². The van der Waals surface area contributed by atoms with Crippen molar-refractivity contribution < 1.29 is 0 Å². The molecule has 0 saturated heterocycles. The number of hydrogen-bond donors (Lipinski definition) is 1. The van der Waals surface area contributed by atoms with Crippen LogP contribution in [0.3, 0.4) is 0 Å². The number of nitrogens with one attached hydrogen (secondary N) is 1. The van der Waals surface area contributed by atoms with Crippen molar-refractivity contribution in [3.63, 3.8) is 0 Å². The first-order chi connectivity index (χ1) is 5.88. The molecule has 12 heavy (non-hydrogen) atoms. The van der Waals surface area contributed by atoms with Gasteiger partial charge in [-0.15, -0.1) is 11.3 Å². The minimum Gasteiger partial charge on any atom is -0.308 e. The minimum absolute atomic E-state index is 0.791. The van der Waals surface area contributed by atoms with Crippen molar-refractivity contribution in [1.82, 2.24) is 10.3 Å². The number of aryl methyl sites for hydroxylation is 1. The Kier molecular flexibility index (Phi) is 2.42. The SMILES string of the molecule is CCc1cnc(CNC2CC2)s1. The molecule has 1 saturated carbocycles. The van der Waals surface area contributed by atoms with Crippen molar-refractivity contribution in [2.75, 3.05) is 0 Å². The Bertz CT molecular complexity index is 253. The lowest BCUT2D eigenvalue weighted by Crippen LogP contribution is -2.14. The molecule has 2 nitrogen and oxygen atoms in total. The Hall–Kier alpha value is -0.410. The highest BCUT2D eigenvalue weighted by Gasteiger charge is 2.20. The van der Waals surface area contributed by atoms with Crippen LogP contribution in [0.4, 0.5) is 0 Å². The fourth-order valence-corrected chi connectivity index (χ4v) is 1.93. The Morgan fingerprint density at radius 3 is 3.08 bits per heavy atom. The van der Waals surface area contributed by atoms with Gasteiger partial charge in [-0.2, -0.15) is 0 Å². The molecule has 1 aromatic heterocycles. The maximum atomic E-state index is 4.34. The number of nitrogens with zero attached hydrogens (tertiary/aromatic N) is 1. The summed E-state index contributed by atoms with van der Waals surface area (Å²) < 4.78 is 0. The molecule has 0 amide bonds. The summed E-state index contributed by atoms with van der Waals surface area (Å²) in [6, 6.07) is 0.791. The molecule has 0 radical (unpaired) electrons. The number of thiazole rings is 1. The summed E-state index contributed by atoms with van der Waals surface area (Å²) >= 11 is 1.83. The van der Waals surface area contributed by atoms with Crippen LogP contribution in [-0.4, -0.2) is 11.0 Å². The number of hydrogen-bond acceptors (Lipinski definition) is 3. The molecule has 0 bridgehead atoms. The predicted molar refractivity (Wildman–Crippen MR) is 51.4 cm³/mol. The van der Waals surface area contributed by atoms with Crippen LogP contribution < -0.4 is 5.32 Å². The summed E-state index contributed by atoms with van der Waals surface area (Å²) in [5.41, 5.74) is 0. The molecule has 0 spiro atoms. The van der Waals surface area contributed by atoms with E-state index < -0.39 is 0 Å². The topological polar surface area (TPSA) is 24.9 Å². The zero-order valence-electron chi connectivity index (χ0n) is 7.34. The van der Waals surface area contributed by atoms with Crippen molar-refractivity contribution in [2.45, 2.75) is 38.8 Å². The van der Waals surface area contributed by atoms with Crippen LogP contribution in [0.2, 0.25) is 0 Å². The lowest BCUT2D eigenvalue weighted by Gasteiger charge is -1.96. The standard InChI is InChI=1S/C9H14N2S/c1-2-8-5-11-9(12-8)6-10-7-3-4-7/h5,7,10H,2-4,6H2,1H3. The van der Waals surface area contributed by atoms with Crippen LogP contribution in [-0.2, 0) is 13.0 Å². The Balaban J connectivity index is 1.84. The first-order valence-corrected chi connectivity index (χ1v) is 5.37. The van der Waals surface area contributed by atoms with E-state index in [0.717, 1.165) is 19.0 Å². The van der Waals surface area contributed by atoms with E-state index >= 15 is 0 Å². The molecular weight excluding hydrogens is 168 g/mol. The zero-order chi connectivity index (χ0) is 8.39. The second kappa shape index (κ2) is 3.54. The maximum Gasteiger partial charge on any atom is 0.107 e. The van der Waals surface area contributed by atoms with E-state index in [1.165, 1.54) is 22.7 Å². The van der Waals surface area contributed by atoms with Crippen molar-refractivity contribution >= 4 is 11.3 Å². The van der Waals surface area contributed by atoms with E-state index in [1.54, 1.807) is 0 Å². The Labute approximate surface area is 77.0 Å². The Morgan fingerprint density at radius 2 is 2.50 bits per heavy atom. The van der Waals surface area contributed by atoms with E-state index in [2.05, 4.69) is 17.2 Å². The smallest absolute Gasteiger partial charge is 0.107 e. The molecule has 2 rings (SSSR count). The molecule has 1 N–H and O–H groups in total. The van der Waals surface area contributed by atoms with Crippen LogP contribution in [0.25, 0.3) is 0 Å². The summed E-state index contributed by atoms with van der Waals surface area (Å²) in [6.07, 6.45) is 5.81. The van der Waals surface area contributed by atoms with Crippen LogP contribution in [0.15, 0.2) is 6.20 Å². The lowest BCUT2D eigenvalue weighted by molar-refractivity contribution is 0.684. The summed E-state index contributed by atoms with van der Waals surface area (Å²) in [7, 11) is 0. The van der Waals surface area contributed by atoms with Crippen molar-refractivity contribution in [2.24, 2.45) is 0 Å². The van der Waals surface area contributed by atoms with Gasteiger partial charge in [0.1, 0.15) is 5.01 Å². The number of rotatable bonds is 4. The van der Waals surface area contributed by atoms with Gasteiger partial charge in [0.05, 0.1) is 0 Å². The van der Waals surface area contributed by atoms with E-state index in [9.17, 15) is 0 Å². The highest BCUT2D eigenvalue weighted by atomic mass is 32.1. The van der Waals surface area contributed by atoms with Gasteiger partial charge in [-0.05, 0) is 19.3 Å². The van der Waals surface area contributed by atoms with E-state index in [1.807, 2.05) is 17.5 Å².